The normalized spacial score (nSPS) is 12.5. The summed E-state index contributed by atoms with van der Waals surface area (Å²) in [6.45, 7) is 4.02. The van der Waals surface area contributed by atoms with Gasteiger partial charge < -0.3 is 0 Å². The molecule has 0 aliphatic carbocycles. The second kappa shape index (κ2) is 5.70. The second-order valence-electron chi connectivity index (χ2n) is 4.69. The van der Waals surface area contributed by atoms with E-state index in [1.54, 1.807) is 6.07 Å². The molecule has 0 saturated heterocycles. The summed E-state index contributed by atoms with van der Waals surface area (Å²) in [4.78, 5) is 0. The van der Waals surface area contributed by atoms with Gasteiger partial charge in [0.1, 0.15) is 5.82 Å². The lowest BCUT2D eigenvalue weighted by Crippen LogP contribution is -2.29. The highest BCUT2D eigenvalue weighted by atomic mass is 35.5. The average Bonchev–Trinajstić information content (AvgIpc) is 2.33. The van der Waals surface area contributed by atoms with Crippen molar-refractivity contribution in [2.75, 3.05) is 0 Å². The van der Waals surface area contributed by atoms with Gasteiger partial charge >= 0.3 is 0 Å². The maximum atomic E-state index is 13.4. The minimum Gasteiger partial charge on any atom is -0.271 e. The van der Waals surface area contributed by atoms with Crippen molar-refractivity contribution in [1.29, 1.82) is 0 Å². The van der Waals surface area contributed by atoms with E-state index in [-0.39, 0.29) is 11.9 Å². The Kier molecular flexibility index (Phi) is 4.20. The van der Waals surface area contributed by atoms with Gasteiger partial charge in [0.2, 0.25) is 0 Å². The first-order chi connectivity index (χ1) is 9.01. The van der Waals surface area contributed by atoms with E-state index < -0.39 is 0 Å². The summed E-state index contributed by atoms with van der Waals surface area (Å²) in [5.41, 5.74) is 6.56. The predicted molar refractivity (Wildman–Crippen MR) is 76.5 cm³/mol. The van der Waals surface area contributed by atoms with Crippen LogP contribution in [0.1, 0.15) is 28.3 Å². The van der Waals surface area contributed by atoms with Crippen LogP contribution in [0.15, 0.2) is 36.4 Å². The fourth-order valence-corrected chi connectivity index (χ4v) is 2.50. The van der Waals surface area contributed by atoms with Crippen LogP contribution in [0.5, 0.6) is 0 Å². The van der Waals surface area contributed by atoms with Crippen LogP contribution in [0.4, 0.5) is 4.39 Å². The summed E-state index contributed by atoms with van der Waals surface area (Å²) in [6, 6.07) is 10.0. The van der Waals surface area contributed by atoms with Crippen molar-refractivity contribution in [3.8, 4) is 0 Å². The maximum absolute atomic E-state index is 13.4. The molecule has 4 heteroatoms. The van der Waals surface area contributed by atoms with Gasteiger partial charge in [0.15, 0.2) is 0 Å². The topological polar surface area (TPSA) is 38.0 Å². The molecule has 1 unspecified atom stereocenters. The third kappa shape index (κ3) is 3.13. The Balaban J connectivity index is 2.52. The van der Waals surface area contributed by atoms with Gasteiger partial charge in [-0.25, -0.2) is 9.82 Å². The number of hydrogen-bond donors (Lipinski definition) is 2. The largest absolute Gasteiger partial charge is 0.271 e. The van der Waals surface area contributed by atoms with Crippen LogP contribution in [-0.4, -0.2) is 0 Å². The van der Waals surface area contributed by atoms with Crippen molar-refractivity contribution in [2.24, 2.45) is 5.84 Å². The van der Waals surface area contributed by atoms with E-state index in [1.807, 2.05) is 26.0 Å². The van der Waals surface area contributed by atoms with Gasteiger partial charge in [0.05, 0.1) is 6.04 Å². The van der Waals surface area contributed by atoms with E-state index in [0.29, 0.717) is 10.6 Å². The van der Waals surface area contributed by atoms with Gasteiger partial charge in [-0.05, 0) is 43.2 Å². The molecule has 0 spiro atoms. The van der Waals surface area contributed by atoms with Gasteiger partial charge in [0, 0.05) is 5.02 Å². The molecule has 0 saturated carbocycles. The standard InChI is InChI=1S/C15H16ClFN2/c1-9-5-10(2)7-11(6-9)15(19-18)13-8-12(17)3-4-14(13)16/h3-8,15,19H,18H2,1-2H3. The van der Waals surface area contributed by atoms with Crippen LogP contribution in [0.2, 0.25) is 5.02 Å². The van der Waals surface area contributed by atoms with E-state index in [4.69, 9.17) is 17.4 Å². The van der Waals surface area contributed by atoms with Gasteiger partial charge in [-0.1, -0.05) is 40.9 Å². The first-order valence-corrected chi connectivity index (χ1v) is 6.38. The molecule has 2 aromatic rings. The molecule has 100 valence electrons. The minimum absolute atomic E-state index is 0.330. The lowest BCUT2D eigenvalue weighted by atomic mass is 9.96. The molecule has 2 aromatic carbocycles. The number of hydrogen-bond acceptors (Lipinski definition) is 2. The Morgan fingerprint density at radius 1 is 1.11 bits per heavy atom. The second-order valence-corrected chi connectivity index (χ2v) is 5.09. The molecule has 1 atom stereocenters. The Hall–Kier alpha value is -1.42. The molecule has 2 rings (SSSR count). The van der Waals surface area contributed by atoms with Gasteiger partial charge in [-0.3, -0.25) is 5.84 Å². The summed E-state index contributed by atoms with van der Waals surface area (Å²) >= 11 is 6.14. The number of nitrogens with two attached hydrogens (primary N) is 1. The van der Waals surface area contributed by atoms with Crippen molar-refractivity contribution >= 4 is 11.6 Å². The number of benzene rings is 2. The molecule has 0 fully saturated rings. The molecule has 0 radical (unpaired) electrons. The molecule has 0 heterocycles. The van der Waals surface area contributed by atoms with Crippen molar-refractivity contribution in [3.63, 3.8) is 0 Å². The Morgan fingerprint density at radius 3 is 2.32 bits per heavy atom. The minimum atomic E-state index is -0.332. The van der Waals surface area contributed by atoms with Crippen LogP contribution in [-0.2, 0) is 0 Å². The molecule has 0 amide bonds. The van der Waals surface area contributed by atoms with Gasteiger partial charge in [-0.15, -0.1) is 0 Å². The molecule has 0 aromatic heterocycles. The van der Waals surface area contributed by atoms with E-state index >= 15 is 0 Å². The Labute approximate surface area is 117 Å². The zero-order valence-electron chi connectivity index (χ0n) is 10.9. The van der Waals surface area contributed by atoms with E-state index in [9.17, 15) is 4.39 Å². The third-order valence-electron chi connectivity index (χ3n) is 3.01. The van der Waals surface area contributed by atoms with Crippen molar-refractivity contribution in [2.45, 2.75) is 19.9 Å². The van der Waals surface area contributed by atoms with Crippen LogP contribution in [0.3, 0.4) is 0 Å². The lowest BCUT2D eigenvalue weighted by molar-refractivity contribution is 0.605. The fraction of sp³-hybridized carbons (Fsp3) is 0.200. The summed E-state index contributed by atoms with van der Waals surface area (Å²) in [6.07, 6.45) is 0. The summed E-state index contributed by atoms with van der Waals surface area (Å²) in [5.74, 6) is 5.30. The highest BCUT2D eigenvalue weighted by Crippen LogP contribution is 2.29. The van der Waals surface area contributed by atoms with Crippen molar-refractivity contribution in [3.05, 3.63) is 69.5 Å². The van der Waals surface area contributed by atoms with E-state index in [1.165, 1.54) is 12.1 Å². The highest BCUT2D eigenvalue weighted by Gasteiger charge is 2.17. The molecule has 19 heavy (non-hydrogen) atoms. The average molecular weight is 279 g/mol. The zero-order valence-corrected chi connectivity index (χ0v) is 11.6. The highest BCUT2D eigenvalue weighted by molar-refractivity contribution is 6.31. The number of rotatable bonds is 3. The Bertz CT molecular complexity index is 578. The summed E-state index contributed by atoms with van der Waals surface area (Å²) in [7, 11) is 0. The third-order valence-corrected chi connectivity index (χ3v) is 3.36. The summed E-state index contributed by atoms with van der Waals surface area (Å²) < 4.78 is 13.4. The van der Waals surface area contributed by atoms with E-state index in [2.05, 4.69) is 11.5 Å². The molecule has 0 aliphatic heterocycles. The van der Waals surface area contributed by atoms with Crippen molar-refractivity contribution in [1.82, 2.24) is 5.43 Å². The number of halogens is 2. The quantitative estimate of drug-likeness (QED) is 0.664. The van der Waals surface area contributed by atoms with Crippen LogP contribution in [0.25, 0.3) is 0 Å². The fourth-order valence-electron chi connectivity index (χ4n) is 2.28. The predicted octanol–water partition coefficient (Wildman–Crippen LogP) is 3.65. The first-order valence-electron chi connectivity index (χ1n) is 6.00. The molecular formula is C15H16ClFN2. The van der Waals surface area contributed by atoms with Crippen LogP contribution < -0.4 is 11.3 Å². The molecule has 3 N–H and O–H groups in total. The van der Waals surface area contributed by atoms with Crippen molar-refractivity contribution < 1.29 is 4.39 Å². The number of nitrogens with one attached hydrogen (secondary N) is 1. The first kappa shape index (κ1) is 14.0. The summed E-state index contributed by atoms with van der Waals surface area (Å²) in [5, 5.41) is 0.489. The zero-order chi connectivity index (χ0) is 14.0. The monoisotopic (exact) mass is 278 g/mol. The van der Waals surface area contributed by atoms with Crippen LogP contribution >= 0.6 is 11.6 Å². The van der Waals surface area contributed by atoms with Gasteiger partial charge in [-0.2, -0.15) is 0 Å². The maximum Gasteiger partial charge on any atom is 0.123 e. The van der Waals surface area contributed by atoms with Crippen LogP contribution in [0, 0.1) is 19.7 Å². The molecule has 0 bridgehead atoms. The number of hydrazine groups is 1. The number of aryl methyl sites for hydroxylation is 2. The smallest absolute Gasteiger partial charge is 0.123 e. The van der Waals surface area contributed by atoms with Gasteiger partial charge in [0.25, 0.3) is 0 Å². The molecular weight excluding hydrogens is 263 g/mol. The molecule has 2 nitrogen and oxygen atoms in total. The lowest BCUT2D eigenvalue weighted by Gasteiger charge is -2.19. The van der Waals surface area contributed by atoms with E-state index in [0.717, 1.165) is 16.7 Å². The Morgan fingerprint density at radius 2 is 1.74 bits per heavy atom. The molecule has 0 aliphatic rings. The SMILES string of the molecule is Cc1cc(C)cc(C(NN)c2cc(F)ccc2Cl)c1.